The molecule has 1 rings (SSSR count). The highest BCUT2D eigenvalue weighted by Gasteiger charge is 2.23. The van der Waals surface area contributed by atoms with Crippen molar-refractivity contribution in [2.75, 3.05) is 14.1 Å². The smallest absolute Gasteiger partial charge is 0.0675 e. The Morgan fingerprint density at radius 1 is 1.24 bits per heavy atom. The molecule has 0 fully saturated rings. The van der Waals surface area contributed by atoms with E-state index in [1.54, 1.807) is 0 Å². The van der Waals surface area contributed by atoms with Gasteiger partial charge in [0.2, 0.25) is 0 Å². The Morgan fingerprint density at radius 3 is 2.29 bits per heavy atom. The molecular formula is C15H22N2. The SMILES string of the molecule is CCC(C#N)C(c1ccc(C)c(C)c1)N(C)C. The second kappa shape index (κ2) is 5.84. The molecule has 0 heterocycles. The van der Waals surface area contributed by atoms with Crippen molar-refractivity contribution in [3.63, 3.8) is 0 Å². The Kier molecular flexibility index (Phi) is 4.72. The molecule has 0 saturated heterocycles. The van der Waals surface area contributed by atoms with Crippen molar-refractivity contribution in [2.24, 2.45) is 5.92 Å². The molecule has 92 valence electrons. The van der Waals surface area contributed by atoms with E-state index < -0.39 is 0 Å². The standard InChI is InChI=1S/C15H22N2/c1-6-13(10-16)15(17(4)5)14-8-7-11(2)12(3)9-14/h7-9,13,15H,6H2,1-5H3. The lowest BCUT2D eigenvalue weighted by atomic mass is 9.89. The van der Waals surface area contributed by atoms with Crippen molar-refractivity contribution in [2.45, 2.75) is 33.2 Å². The van der Waals surface area contributed by atoms with Gasteiger partial charge in [-0.3, -0.25) is 0 Å². The summed E-state index contributed by atoms with van der Waals surface area (Å²) in [5.41, 5.74) is 3.84. The molecule has 2 unspecified atom stereocenters. The highest BCUT2D eigenvalue weighted by Crippen LogP contribution is 2.29. The van der Waals surface area contributed by atoms with E-state index in [2.05, 4.69) is 49.9 Å². The lowest BCUT2D eigenvalue weighted by Gasteiger charge is -2.28. The van der Waals surface area contributed by atoms with Gasteiger partial charge in [0.1, 0.15) is 0 Å². The van der Waals surface area contributed by atoms with Gasteiger partial charge in [0, 0.05) is 0 Å². The van der Waals surface area contributed by atoms with Crippen molar-refractivity contribution < 1.29 is 0 Å². The first-order chi connectivity index (χ1) is 8.01. The Morgan fingerprint density at radius 2 is 1.88 bits per heavy atom. The number of hydrogen-bond donors (Lipinski definition) is 0. The molecule has 2 nitrogen and oxygen atoms in total. The molecule has 0 aliphatic carbocycles. The van der Waals surface area contributed by atoms with E-state index in [4.69, 9.17) is 0 Å². The van der Waals surface area contributed by atoms with Gasteiger partial charge in [-0.05, 0) is 51.1 Å². The molecule has 0 aliphatic rings. The van der Waals surface area contributed by atoms with Crippen LogP contribution in [0.3, 0.4) is 0 Å². The Labute approximate surface area is 105 Å². The van der Waals surface area contributed by atoms with Gasteiger partial charge in [-0.15, -0.1) is 0 Å². The van der Waals surface area contributed by atoms with Crippen molar-refractivity contribution in [3.05, 3.63) is 34.9 Å². The quantitative estimate of drug-likeness (QED) is 0.792. The number of aryl methyl sites for hydroxylation is 2. The molecular weight excluding hydrogens is 208 g/mol. The van der Waals surface area contributed by atoms with Crippen molar-refractivity contribution >= 4 is 0 Å². The second-order valence-corrected chi connectivity index (χ2v) is 4.90. The van der Waals surface area contributed by atoms with Crippen LogP contribution in [-0.2, 0) is 0 Å². The third-order valence-electron chi connectivity index (χ3n) is 3.42. The Balaban J connectivity index is 3.14. The predicted molar refractivity (Wildman–Crippen MR) is 71.7 cm³/mol. The molecule has 2 atom stereocenters. The van der Waals surface area contributed by atoms with E-state index in [0.717, 1.165) is 6.42 Å². The second-order valence-electron chi connectivity index (χ2n) is 4.90. The van der Waals surface area contributed by atoms with E-state index in [0.29, 0.717) is 0 Å². The first-order valence-corrected chi connectivity index (χ1v) is 6.14. The first kappa shape index (κ1) is 13.7. The molecule has 1 aromatic carbocycles. The minimum atomic E-state index is 0.0482. The number of rotatable bonds is 4. The van der Waals surface area contributed by atoms with Crippen LogP contribution in [0.4, 0.5) is 0 Å². The summed E-state index contributed by atoms with van der Waals surface area (Å²) < 4.78 is 0. The summed E-state index contributed by atoms with van der Waals surface area (Å²) in [7, 11) is 4.08. The normalized spacial score (nSPS) is 14.4. The molecule has 17 heavy (non-hydrogen) atoms. The van der Waals surface area contributed by atoms with Crippen molar-refractivity contribution in [1.29, 1.82) is 5.26 Å². The highest BCUT2D eigenvalue weighted by molar-refractivity contribution is 5.32. The fourth-order valence-electron chi connectivity index (χ4n) is 2.22. The monoisotopic (exact) mass is 230 g/mol. The fourth-order valence-corrected chi connectivity index (χ4v) is 2.22. The molecule has 0 N–H and O–H groups in total. The van der Waals surface area contributed by atoms with Crippen LogP contribution in [0.15, 0.2) is 18.2 Å². The maximum absolute atomic E-state index is 9.25. The Bertz CT molecular complexity index is 415. The third-order valence-corrected chi connectivity index (χ3v) is 3.42. The van der Waals surface area contributed by atoms with Crippen LogP contribution >= 0.6 is 0 Å². The first-order valence-electron chi connectivity index (χ1n) is 6.14. The molecule has 1 aromatic rings. The largest absolute Gasteiger partial charge is 0.301 e. The molecule has 0 amide bonds. The molecule has 0 radical (unpaired) electrons. The third kappa shape index (κ3) is 3.08. The maximum Gasteiger partial charge on any atom is 0.0675 e. The van der Waals surface area contributed by atoms with Crippen LogP contribution in [0.25, 0.3) is 0 Å². The van der Waals surface area contributed by atoms with Crippen LogP contribution in [0.2, 0.25) is 0 Å². The van der Waals surface area contributed by atoms with Crippen LogP contribution < -0.4 is 0 Å². The zero-order valence-corrected chi connectivity index (χ0v) is 11.5. The van der Waals surface area contributed by atoms with Gasteiger partial charge < -0.3 is 4.90 Å². The number of hydrogen-bond acceptors (Lipinski definition) is 2. The van der Waals surface area contributed by atoms with E-state index >= 15 is 0 Å². The summed E-state index contributed by atoms with van der Waals surface area (Å²) in [4.78, 5) is 2.14. The van der Waals surface area contributed by atoms with Gasteiger partial charge in [0.05, 0.1) is 18.0 Å². The van der Waals surface area contributed by atoms with E-state index in [9.17, 15) is 5.26 Å². The summed E-state index contributed by atoms with van der Waals surface area (Å²) in [5.74, 6) is 0.0482. The summed E-state index contributed by atoms with van der Waals surface area (Å²) in [6.07, 6.45) is 0.881. The molecule has 0 spiro atoms. The van der Waals surface area contributed by atoms with Gasteiger partial charge in [-0.2, -0.15) is 5.26 Å². The van der Waals surface area contributed by atoms with Crippen LogP contribution in [0, 0.1) is 31.1 Å². The minimum absolute atomic E-state index is 0.0482. The summed E-state index contributed by atoms with van der Waals surface area (Å²) in [6.45, 7) is 6.32. The minimum Gasteiger partial charge on any atom is -0.301 e. The highest BCUT2D eigenvalue weighted by atomic mass is 15.1. The zero-order chi connectivity index (χ0) is 13.0. The lowest BCUT2D eigenvalue weighted by Crippen LogP contribution is -2.26. The molecule has 2 heteroatoms. The predicted octanol–water partition coefficient (Wildman–Crippen LogP) is 3.46. The average Bonchev–Trinajstić information content (AvgIpc) is 2.29. The lowest BCUT2D eigenvalue weighted by molar-refractivity contribution is 0.241. The fraction of sp³-hybridized carbons (Fsp3) is 0.533. The topological polar surface area (TPSA) is 27.0 Å². The van der Waals surface area contributed by atoms with Crippen LogP contribution in [0.1, 0.15) is 36.1 Å². The number of nitrogens with zero attached hydrogens (tertiary/aromatic N) is 2. The van der Waals surface area contributed by atoms with E-state index in [1.165, 1.54) is 16.7 Å². The molecule has 0 saturated carbocycles. The van der Waals surface area contributed by atoms with Crippen LogP contribution in [0.5, 0.6) is 0 Å². The van der Waals surface area contributed by atoms with Crippen molar-refractivity contribution in [1.82, 2.24) is 4.90 Å². The van der Waals surface area contributed by atoms with Gasteiger partial charge in [0.15, 0.2) is 0 Å². The van der Waals surface area contributed by atoms with Gasteiger partial charge in [-0.25, -0.2) is 0 Å². The molecule has 0 bridgehead atoms. The van der Waals surface area contributed by atoms with E-state index in [1.807, 2.05) is 14.1 Å². The van der Waals surface area contributed by atoms with Crippen LogP contribution in [-0.4, -0.2) is 19.0 Å². The van der Waals surface area contributed by atoms with Gasteiger partial charge >= 0.3 is 0 Å². The summed E-state index contributed by atoms with van der Waals surface area (Å²) in [5, 5.41) is 9.25. The zero-order valence-electron chi connectivity index (χ0n) is 11.5. The summed E-state index contributed by atoms with van der Waals surface area (Å²) in [6, 6.07) is 9.11. The number of nitriles is 1. The summed E-state index contributed by atoms with van der Waals surface area (Å²) >= 11 is 0. The molecule has 0 aromatic heterocycles. The van der Waals surface area contributed by atoms with Gasteiger partial charge in [0.25, 0.3) is 0 Å². The van der Waals surface area contributed by atoms with Crippen molar-refractivity contribution in [3.8, 4) is 6.07 Å². The Hall–Kier alpha value is -1.33. The number of benzene rings is 1. The van der Waals surface area contributed by atoms with E-state index in [-0.39, 0.29) is 12.0 Å². The molecule has 0 aliphatic heterocycles. The maximum atomic E-state index is 9.25. The average molecular weight is 230 g/mol. The van der Waals surface area contributed by atoms with Gasteiger partial charge in [-0.1, -0.05) is 25.1 Å².